The molecule has 6 nitrogen and oxygen atoms in total. The average Bonchev–Trinajstić information content (AvgIpc) is 2.23. The number of nitro groups is 1. The lowest BCUT2D eigenvalue weighted by molar-refractivity contribution is -0.384. The third kappa shape index (κ3) is 2.39. The SMILES string of the molecule is O=C(O)CC1CN(c2ccc(F)cc2[N+](=O)[O-])C1. The number of anilines is 1. The summed E-state index contributed by atoms with van der Waals surface area (Å²) < 4.78 is 12.9. The molecule has 0 aromatic heterocycles. The summed E-state index contributed by atoms with van der Waals surface area (Å²) in [6, 6.07) is 3.39. The Morgan fingerprint density at radius 2 is 2.22 bits per heavy atom. The number of halogens is 1. The second-order valence-corrected chi connectivity index (χ2v) is 4.26. The lowest BCUT2D eigenvalue weighted by Crippen LogP contribution is -2.47. The number of benzene rings is 1. The molecule has 1 heterocycles. The molecule has 1 saturated heterocycles. The fourth-order valence-corrected chi connectivity index (χ4v) is 2.05. The van der Waals surface area contributed by atoms with Crippen LogP contribution in [0.15, 0.2) is 18.2 Å². The van der Waals surface area contributed by atoms with E-state index in [-0.39, 0.29) is 18.0 Å². The van der Waals surface area contributed by atoms with Crippen molar-refractivity contribution in [2.24, 2.45) is 5.92 Å². The Morgan fingerprint density at radius 1 is 1.56 bits per heavy atom. The standard InChI is InChI=1S/C11H11FN2O4/c12-8-1-2-9(10(4-8)14(17)18)13-5-7(6-13)3-11(15)16/h1-2,4,7H,3,5-6H2,(H,15,16). The average molecular weight is 254 g/mol. The Balaban J connectivity index is 2.11. The zero-order chi connectivity index (χ0) is 13.3. The fourth-order valence-electron chi connectivity index (χ4n) is 2.05. The van der Waals surface area contributed by atoms with Crippen molar-refractivity contribution >= 4 is 17.3 Å². The van der Waals surface area contributed by atoms with Gasteiger partial charge in [-0.25, -0.2) is 4.39 Å². The predicted molar refractivity (Wildman–Crippen MR) is 61.0 cm³/mol. The van der Waals surface area contributed by atoms with Crippen molar-refractivity contribution in [3.8, 4) is 0 Å². The summed E-state index contributed by atoms with van der Waals surface area (Å²) in [5, 5.41) is 19.4. The highest BCUT2D eigenvalue weighted by Crippen LogP contribution is 2.34. The fraction of sp³-hybridized carbons (Fsp3) is 0.364. The second-order valence-electron chi connectivity index (χ2n) is 4.26. The number of aliphatic carboxylic acids is 1. The third-order valence-electron chi connectivity index (χ3n) is 2.90. The van der Waals surface area contributed by atoms with E-state index < -0.39 is 16.7 Å². The highest BCUT2D eigenvalue weighted by atomic mass is 19.1. The highest BCUT2D eigenvalue weighted by Gasteiger charge is 2.32. The van der Waals surface area contributed by atoms with Crippen LogP contribution in [0.4, 0.5) is 15.8 Å². The third-order valence-corrected chi connectivity index (χ3v) is 2.90. The normalized spacial score (nSPS) is 15.3. The topological polar surface area (TPSA) is 83.7 Å². The Morgan fingerprint density at radius 3 is 2.78 bits per heavy atom. The Labute approximate surface area is 102 Å². The maximum atomic E-state index is 12.9. The van der Waals surface area contributed by atoms with Crippen LogP contribution in [0.3, 0.4) is 0 Å². The number of nitro benzene ring substituents is 1. The molecule has 18 heavy (non-hydrogen) atoms. The summed E-state index contributed by atoms with van der Waals surface area (Å²) >= 11 is 0. The van der Waals surface area contributed by atoms with Gasteiger partial charge in [-0.1, -0.05) is 0 Å². The van der Waals surface area contributed by atoms with Crippen LogP contribution in [0.5, 0.6) is 0 Å². The molecule has 1 aliphatic heterocycles. The molecule has 0 saturated carbocycles. The largest absolute Gasteiger partial charge is 0.481 e. The van der Waals surface area contributed by atoms with Crippen LogP contribution in [-0.4, -0.2) is 29.1 Å². The first kappa shape index (κ1) is 12.3. The molecule has 2 rings (SSSR count). The Kier molecular flexibility index (Phi) is 3.14. The molecule has 0 amide bonds. The van der Waals surface area contributed by atoms with Gasteiger partial charge in [0.2, 0.25) is 0 Å². The van der Waals surface area contributed by atoms with E-state index in [1.54, 1.807) is 4.90 Å². The number of rotatable bonds is 4. The molecule has 0 radical (unpaired) electrons. The summed E-state index contributed by atoms with van der Waals surface area (Å²) in [6.07, 6.45) is 0.0471. The Bertz CT molecular complexity index is 500. The molecule has 0 bridgehead atoms. The van der Waals surface area contributed by atoms with E-state index in [9.17, 15) is 19.3 Å². The maximum absolute atomic E-state index is 12.9. The molecular formula is C11H11FN2O4. The lowest BCUT2D eigenvalue weighted by Gasteiger charge is -2.39. The van der Waals surface area contributed by atoms with Gasteiger partial charge in [0, 0.05) is 19.0 Å². The van der Waals surface area contributed by atoms with E-state index in [1.165, 1.54) is 6.07 Å². The molecule has 0 unspecified atom stereocenters. The molecule has 1 N–H and O–H groups in total. The van der Waals surface area contributed by atoms with Gasteiger partial charge < -0.3 is 10.0 Å². The van der Waals surface area contributed by atoms with E-state index >= 15 is 0 Å². The van der Waals surface area contributed by atoms with Crippen LogP contribution < -0.4 is 4.90 Å². The van der Waals surface area contributed by atoms with Crippen LogP contribution in [0.2, 0.25) is 0 Å². The molecule has 1 aromatic rings. The number of carboxylic acid groups (broad SMARTS) is 1. The van der Waals surface area contributed by atoms with Crippen LogP contribution in [-0.2, 0) is 4.79 Å². The van der Waals surface area contributed by atoms with Crippen molar-refractivity contribution in [3.05, 3.63) is 34.1 Å². The maximum Gasteiger partial charge on any atom is 0.303 e. The number of carbonyl (C=O) groups is 1. The van der Waals surface area contributed by atoms with Gasteiger partial charge in [-0.15, -0.1) is 0 Å². The summed E-state index contributed by atoms with van der Waals surface area (Å²) in [7, 11) is 0. The van der Waals surface area contributed by atoms with E-state index in [2.05, 4.69) is 0 Å². The first-order valence-corrected chi connectivity index (χ1v) is 5.38. The molecule has 1 aliphatic rings. The zero-order valence-corrected chi connectivity index (χ0v) is 9.38. The smallest absolute Gasteiger partial charge is 0.303 e. The van der Waals surface area contributed by atoms with Crippen molar-refractivity contribution in [1.82, 2.24) is 0 Å². The predicted octanol–water partition coefficient (Wildman–Crippen LogP) is 1.64. The molecule has 0 atom stereocenters. The van der Waals surface area contributed by atoms with Gasteiger partial charge in [0.1, 0.15) is 11.5 Å². The van der Waals surface area contributed by atoms with Gasteiger partial charge in [0.25, 0.3) is 5.69 Å². The molecule has 0 aliphatic carbocycles. The van der Waals surface area contributed by atoms with E-state index in [0.29, 0.717) is 18.8 Å². The first-order valence-electron chi connectivity index (χ1n) is 5.38. The summed E-state index contributed by atoms with van der Waals surface area (Å²) in [6.45, 7) is 0.886. The lowest BCUT2D eigenvalue weighted by atomic mass is 9.95. The van der Waals surface area contributed by atoms with Crippen molar-refractivity contribution in [2.75, 3.05) is 18.0 Å². The minimum absolute atomic E-state index is 0.00726. The molecule has 96 valence electrons. The number of hydrogen-bond acceptors (Lipinski definition) is 4. The summed E-state index contributed by atoms with van der Waals surface area (Å²) in [4.78, 5) is 22.3. The van der Waals surface area contributed by atoms with Crippen LogP contribution in [0.25, 0.3) is 0 Å². The highest BCUT2D eigenvalue weighted by molar-refractivity contribution is 5.69. The van der Waals surface area contributed by atoms with E-state index in [4.69, 9.17) is 5.11 Å². The van der Waals surface area contributed by atoms with E-state index in [0.717, 1.165) is 12.1 Å². The van der Waals surface area contributed by atoms with Crippen molar-refractivity contribution in [1.29, 1.82) is 0 Å². The molecular weight excluding hydrogens is 243 g/mol. The van der Waals surface area contributed by atoms with Gasteiger partial charge >= 0.3 is 5.97 Å². The molecule has 7 heteroatoms. The first-order chi connectivity index (χ1) is 8.47. The molecule has 1 aromatic carbocycles. The van der Waals surface area contributed by atoms with Gasteiger partial charge in [0.05, 0.1) is 17.4 Å². The second kappa shape index (κ2) is 4.59. The minimum atomic E-state index is -0.881. The van der Waals surface area contributed by atoms with Crippen LogP contribution in [0.1, 0.15) is 6.42 Å². The van der Waals surface area contributed by atoms with Gasteiger partial charge in [-0.05, 0) is 12.1 Å². The number of hydrogen-bond donors (Lipinski definition) is 1. The monoisotopic (exact) mass is 254 g/mol. The van der Waals surface area contributed by atoms with Crippen LogP contribution >= 0.6 is 0 Å². The summed E-state index contributed by atoms with van der Waals surface area (Å²) in [5.41, 5.74) is 0.0480. The molecule has 0 spiro atoms. The van der Waals surface area contributed by atoms with Gasteiger partial charge in [0.15, 0.2) is 0 Å². The summed E-state index contributed by atoms with van der Waals surface area (Å²) in [5.74, 6) is -1.55. The zero-order valence-electron chi connectivity index (χ0n) is 9.38. The van der Waals surface area contributed by atoms with Gasteiger partial charge in [-0.2, -0.15) is 0 Å². The minimum Gasteiger partial charge on any atom is -0.481 e. The van der Waals surface area contributed by atoms with Crippen molar-refractivity contribution in [2.45, 2.75) is 6.42 Å². The van der Waals surface area contributed by atoms with Crippen molar-refractivity contribution in [3.63, 3.8) is 0 Å². The Hall–Kier alpha value is -2.18. The van der Waals surface area contributed by atoms with E-state index in [1.807, 2.05) is 0 Å². The van der Waals surface area contributed by atoms with Gasteiger partial charge in [-0.3, -0.25) is 14.9 Å². The van der Waals surface area contributed by atoms with Crippen LogP contribution in [0, 0.1) is 21.8 Å². The quantitative estimate of drug-likeness (QED) is 0.652. The molecule has 1 fully saturated rings. The number of carboxylic acids is 1. The van der Waals surface area contributed by atoms with Crippen molar-refractivity contribution < 1.29 is 19.2 Å². The number of nitrogens with zero attached hydrogens (tertiary/aromatic N) is 2.